The highest BCUT2D eigenvalue weighted by atomic mass is 32.2. The van der Waals surface area contributed by atoms with E-state index in [9.17, 15) is 35.9 Å². The Balaban J connectivity index is 1.56. The molecule has 1 heterocycles. The summed E-state index contributed by atoms with van der Waals surface area (Å²) in [6.07, 6.45) is -9.47. The third kappa shape index (κ3) is 8.06. The Morgan fingerprint density at radius 2 is 1.63 bits per heavy atom. The minimum absolute atomic E-state index is 0.0149. The molecule has 0 aliphatic heterocycles. The molecule has 0 aliphatic rings. The largest absolute Gasteiger partial charge is 0.494 e. The van der Waals surface area contributed by atoms with Crippen LogP contribution in [-0.2, 0) is 23.7 Å². The van der Waals surface area contributed by atoms with Gasteiger partial charge in [-0.25, -0.2) is 0 Å². The number of aromatic nitrogens is 3. The zero-order valence-corrected chi connectivity index (χ0v) is 23.1. The maximum absolute atomic E-state index is 13.5. The van der Waals surface area contributed by atoms with Crippen molar-refractivity contribution in [3.05, 3.63) is 95.3 Å². The van der Waals surface area contributed by atoms with Gasteiger partial charge in [-0.15, -0.1) is 10.2 Å². The highest BCUT2D eigenvalue weighted by Crippen LogP contribution is 2.33. The zero-order chi connectivity index (χ0) is 31.2. The molecule has 4 rings (SSSR count). The number of rotatable bonds is 10. The molecule has 2 N–H and O–H groups in total. The summed E-state index contributed by atoms with van der Waals surface area (Å²) in [5.41, 5.74) is -2.32. The van der Waals surface area contributed by atoms with Crippen LogP contribution in [0.5, 0.6) is 5.75 Å². The van der Waals surface area contributed by atoms with E-state index < -0.39 is 47.4 Å². The second-order valence-electron chi connectivity index (χ2n) is 8.80. The number of nitrogens with one attached hydrogen (secondary N) is 2. The fraction of sp³-hybridized carbons (Fsp3) is 0.214. The Labute approximate surface area is 245 Å². The molecule has 15 heteroatoms. The van der Waals surface area contributed by atoms with Crippen LogP contribution in [0.4, 0.5) is 32.0 Å². The first-order valence-electron chi connectivity index (χ1n) is 12.6. The highest BCUT2D eigenvalue weighted by molar-refractivity contribution is 7.99. The van der Waals surface area contributed by atoms with Crippen molar-refractivity contribution >= 4 is 29.3 Å². The van der Waals surface area contributed by atoms with Crippen LogP contribution in [0.25, 0.3) is 5.69 Å². The number of nitrogens with zero attached hydrogens (tertiary/aromatic N) is 3. The number of halogens is 6. The van der Waals surface area contributed by atoms with Crippen LogP contribution >= 0.6 is 11.8 Å². The number of carbonyl (C=O) groups excluding carboxylic acids is 2. The summed E-state index contributed by atoms with van der Waals surface area (Å²) in [7, 11) is 0. The zero-order valence-electron chi connectivity index (χ0n) is 22.3. The van der Waals surface area contributed by atoms with E-state index in [0.29, 0.717) is 18.0 Å². The van der Waals surface area contributed by atoms with E-state index >= 15 is 0 Å². The molecule has 0 bridgehead atoms. The second kappa shape index (κ2) is 13.2. The van der Waals surface area contributed by atoms with Gasteiger partial charge in [-0.1, -0.05) is 30.0 Å². The standard InChI is InChI=1S/C28H23F6N5O3S/c1-2-42-20-12-10-18(11-13-20)36-24(40)16-43-26-38-37-23(39(26)19-7-5-6-17(14-19)27(29,30)31)15-35-25(41)21-8-3-4-9-22(21)28(32,33)34/h3-14H,2,15-16H2,1H3,(H,35,41)(H,36,40). The monoisotopic (exact) mass is 623 g/mol. The van der Waals surface area contributed by atoms with Gasteiger partial charge in [0.05, 0.1) is 41.3 Å². The molecule has 2 amide bonds. The number of carbonyl (C=O) groups is 2. The lowest BCUT2D eigenvalue weighted by molar-refractivity contribution is -0.138. The number of thioether (sulfide) groups is 1. The number of ether oxygens (including phenoxy) is 1. The first-order chi connectivity index (χ1) is 20.4. The van der Waals surface area contributed by atoms with Gasteiger partial charge in [-0.2, -0.15) is 26.3 Å². The van der Waals surface area contributed by atoms with Crippen molar-refractivity contribution in [1.82, 2.24) is 20.1 Å². The molecule has 0 atom stereocenters. The van der Waals surface area contributed by atoms with Crippen molar-refractivity contribution in [2.75, 3.05) is 17.7 Å². The van der Waals surface area contributed by atoms with Crippen molar-refractivity contribution in [3.63, 3.8) is 0 Å². The average molecular weight is 624 g/mol. The van der Waals surface area contributed by atoms with Gasteiger partial charge in [0.15, 0.2) is 11.0 Å². The number of amides is 2. The second-order valence-corrected chi connectivity index (χ2v) is 9.75. The lowest BCUT2D eigenvalue weighted by Gasteiger charge is -2.15. The molecule has 0 unspecified atom stereocenters. The minimum atomic E-state index is -4.79. The summed E-state index contributed by atoms with van der Waals surface area (Å²) in [6.45, 7) is 1.83. The van der Waals surface area contributed by atoms with Crippen molar-refractivity contribution in [1.29, 1.82) is 0 Å². The normalized spacial score (nSPS) is 11.7. The predicted octanol–water partition coefficient (Wildman–Crippen LogP) is 6.36. The van der Waals surface area contributed by atoms with E-state index in [4.69, 9.17) is 4.74 Å². The Hall–Kier alpha value is -4.53. The Kier molecular flexibility index (Phi) is 9.63. The molecule has 4 aromatic rings. The lowest BCUT2D eigenvalue weighted by Crippen LogP contribution is -2.27. The Morgan fingerprint density at radius 1 is 0.907 bits per heavy atom. The molecule has 43 heavy (non-hydrogen) atoms. The third-order valence-electron chi connectivity index (χ3n) is 5.80. The molecular weight excluding hydrogens is 600 g/mol. The highest BCUT2D eigenvalue weighted by Gasteiger charge is 2.35. The topological polar surface area (TPSA) is 98.1 Å². The van der Waals surface area contributed by atoms with Crippen LogP contribution in [0.1, 0.15) is 34.2 Å². The van der Waals surface area contributed by atoms with Gasteiger partial charge in [-0.05, 0) is 61.5 Å². The van der Waals surface area contributed by atoms with Gasteiger partial charge < -0.3 is 15.4 Å². The van der Waals surface area contributed by atoms with Crippen LogP contribution < -0.4 is 15.4 Å². The fourth-order valence-corrected chi connectivity index (χ4v) is 4.67. The summed E-state index contributed by atoms with van der Waals surface area (Å²) < 4.78 is 87.1. The summed E-state index contributed by atoms with van der Waals surface area (Å²) in [6, 6.07) is 15.0. The van der Waals surface area contributed by atoms with Gasteiger partial charge >= 0.3 is 12.4 Å². The van der Waals surface area contributed by atoms with Crippen LogP contribution in [0, 0.1) is 0 Å². The molecule has 0 radical (unpaired) electrons. The van der Waals surface area contributed by atoms with Crippen LogP contribution in [-0.4, -0.2) is 38.9 Å². The maximum atomic E-state index is 13.5. The van der Waals surface area contributed by atoms with Gasteiger partial charge in [-0.3, -0.25) is 14.2 Å². The first-order valence-corrected chi connectivity index (χ1v) is 13.6. The maximum Gasteiger partial charge on any atom is 0.417 e. The van der Waals surface area contributed by atoms with Crippen molar-refractivity contribution in [3.8, 4) is 11.4 Å². The molecule has 0 saturated carbocycles. The summed E-state index contributed by atoms with van der Waals surface area (Å²) in [5, 5.41) is 12.9. The van der Waals surface area contributed by atoms with Crippen LogP contribution in [0.3, 0.4) is 0 Å². The average Bonchev–Trinajstić information content (AvgIpc) is 3.38. The van der Waals surface area contributed by atoms with Gasteiger partial charge in [0.1, 0.15) is 5.75 Å². The number of hydrogen-bond donors (Lipinski definition) is 2. The van der Waals surface area contributed by atoms with Gasteiger partial charge in [0.2, 0.25) is 5.91 Å². The Morgan fingerprint density at radius 3 is 2.30 bits per heavy atom. The van der Waals surface area contributed by atoms with Gasteiger partial charge in [0, 0.05) is 5.69 Å². The van der Waals surface area contributed by atoms with Crippen LogP contribution in [0.15, 0.2) is 78.0 Å². The summed E-state index contributed by atoms with van der Waals surface area (Å²) in [5.74, 6) is -1.20. The first kappa shape index (κ1) is 31.4. The van der Waals surface area contributed by atoms with E-state index in [1.54, 1.807) is 24.3 Å². The van der Waals surface area contributed by atoms with E-state index in [1.165, 1.54) is 16.7 Å². The lowest BCUT2D eigenvalue weighted by atomic mass is 10.1. The fourth-order valence-electron chi connectivity index (χ4n) is 3.90. The predicted molar refractivity (Wildman–Crippen MR) is 146 cm³/mol. The van der Waals surface area contributed by atoms with Crippen molar-refractivity contribution in [2.45, 2.75) is 31.0 Å². The quantitative estimate of drug-likeness (QED) is 0.158. The van der Waals surface area contributed by atoms with E-state index in [0.717, 1.165) is 48.2 Å². The smallest absolute Gasteiger partial charge is 0.417 e. The molecule has 0 saturated heterocycles. The SMILES string of the molecule is CCOc1ccc(NC(=O)CSc2nnc(CNC(=O)c3ccccc3C(F)(F)F)n2-c2cccc(C(F)(F)F)c2)cc1. The molecule has 3 aromatic carbocycles. The molecule has 1 aromatic heterocycles. The molecule has 0 spiro atoms. The summed E-state index contributed by atoms with van der Waals surface area (Å²) >= 11 is 0.861. The molecule has 0 aliphatic carbocycles. The molecular formula is C28H23F6N5O3S. The summed E-state index contributed by atoms with van der Waals surface area (Å²) in [4.78, 5) is 25.3. The van der Waals surface area contributed by atoms with E-state index in [2.05, 4.69) is 20.8 Å². The Bertz CT molecular complexity index is 1590. The van der Waals surface area contributed by atoms with Crippen LogP contribution in [0.2, 0.25) is 0 Å². The van der Waals surface area contributed by atoms with Crippen molar-refractivity contribution < 1.29 is 40.7 Å². The number of alkyl halides is 6. The van der Waals surface area contributed by atoms with Crippen molar-refractivity contribution in [2.24, 2.45) is 0 Å². The third-order valence-corrected chi connectivity index (χ3v) is 6.73. The van der Waals surface area contributed by atoms with Gasteiger partial charge in [0.25, 0.3) is 5.91 Å². The van der Waals surface area contributed by atoms with E-state index in [-0.39, 0.29) is 22.4 Å². The molecule has 0 fully saturated rings. The number of anilines is 1. The number of hydrogen-bond acceptors (Lipinski definition) is 6. The minimum Gasteiger partial charge on any atom is -0.494 e. The molecule has 8 nitrogen and oxygen atoms in total. The number of benzene rings is 3. The molecule has 226 valence electrons. The van der Waals surface area contributed by atoms with E-state index in [1.807, 2.05) is 6.92 Å².